The molecule has 0 atom stereocenters. The minimum atomic E-state index is -0.321. The number of halogens is 2. The molecule has 0 aliphatic carbocycles. The zero-order valence-corrected chi connectivity index (χ0v) is 8.91. The molecule has 1 aromatic carbocycles. The Morgan fingerprint density at radius 2 is 1.81 bits per heavy atom. The maximum atomic E-state index is 12.7. The van der Waals surface area contributed by atoms with Crippen LogP contribution in [0.4, 0.5) is 4.39 Å². The van der Waals surface area contributed by atoms with Gasteiger partial charge in [0.05, 0.1) is 0 Å². The summed E-state index contributed by atoms with van der Waals surface area (Å²) in [6, 6.07) is 9.12. The molecule has 0 saturated heterocycles. The van der Waals surface area contributed by atoms with Crippen LogP contribution in [0.2, 0.25) is 5.15 Å². The first kappa shape index (κ1) is 10.8. The van der Waals surface area contributed by atoms with Gasteiger partial charge in [0.25, 0.3) is 0 Å². The highest BCUT2D eigenvalue weighted by atomic mass is 35.5. The summed E-state index contributed by atoms with van der Waals surface area (Å²) in [4.78, 5) is 14.7. The van der Waals surface area contributed by atoms with Crippen LogP contribution in [0.5, 0.6) is 0 Å². The van der Waals surface area contributed by atoms with E-state index in [0.29, 0.717) is 11.8 Å². The Morgan fingerprint density at radius 3 is 2.44 bits per heavy atom. The summed E-state index contributed by atoms with van der Waals surface area (Å²) in [5.74, 6) is -0.321. The molecular formula is C12H7ClFNO. The number of hydrogen-bond donors (Lipinski definition) is 0. The second-order valence-electron chi connectivity index (χ2n) is 3.19. The fourth-order valence-electron chi connectivity index (χ4n) is 1.41. The Balaban J connectivity index is 2.55. The van der Waals surface area contributed by atoms with Crippen molar-refractivity contribution in [3.05, 3.63) is 53.1 Å². The predicted molar refractivity (Wildman–Crippen MR) is 60.0 cm³/mol. The van der Waals surface area contributed by atoms with Gasteiger partial charge in [0, 0.05) is 5.56 Å². The first-order chi connectivity index (χ1) is 7.70. The lowest BCUT2D eigenvalue weighted by atomic mass is 10.0. The van der Waals surface area contributed by atoms with Crippen molar-refractivity contribution in [2.45, 2.75) is 0 Å². The quantitative estimate of drug-likeness (QED) is 0.590. The lowest BCUT2D eigenvalue weighted by Crippen LogP contribution is -1.92. The van der Waals surface area contributed by atoms with Gasteiger partial charge in [-0.25, -0.2) is 9.37 Å². The molecular weight excluding hydrogens is 229 g/mol. The second-order valence-corrected chi connectivity index (χ2v) is 3.58. The van der Waals surface area contributed by atoms with Crippen LogP contribution in [0, 0.1) is 5.82 Å². The molecule has 2 nitrogen and oxygen atoms in total. The molecule has 0 bridgehead atoms. The molecule has 0 saturated carbocycles. The van der Waals surface area contributed by atoms with Crippen molar-refractivity contribution in [3.8, 4) is 11.1 Å². The topological polar surface area (TPSA) is 30.0 Å². The molecule has 1 heterocycles. The van der Waals surface area contributed by atoms with Crippen molar-refractivity contribution in [3.63, 3.8) is 0 Å². The highest BCUT2D eigenvalue weighted by Gasteiger charge is 2.06. The van der Waals surface area contributed by atoms with Crippen LogP contribution in [0.3, 0.4) is 0 Å². The van der Waals surface area contributed by atoms with Gasteiger partial charge in [0.15, 0.2) is 6.29 Å². The van der Waals surface area contributed by atoms with Crippen molar-refractivity contribution < 1.29 is 9.18 Å². The molecule has 0 fully saturated rings. The van der Waals surface area contributed by atoms with Crippen molar-refractivity contribution in [2.24, 2.45) is 0 Å². The number of nitrogens with zero attached hydrogens (tertiary/aromatic N) is 1. The third kappa shape index (κ3) is 2.09. The van der Waals surface area contributed by atoms with Gasteiger partial charge < -0.3 is 0 Å². The maximum absolute atomic E-state index is 12.7. The largest absolute Gasteiger partial charge is 0.296 e. The third-order valence-corrected chi connectivity index (χ3v) is 2.37. The Labute approximate surface area is 96.7 Å². The SMILES string of the molecule is O=Cc1nc(Cl)ccc1-c1ccc(F)cc1. The van der Waals surface area contributed by atoms with Crippen molar-refractivity contribution in [2.75, 3.05) is 0 Å². The average molecular weight is 236 g/mol. The van der Waals surface area contributed by atoms with Gasteiger partial charge in [-0.05, 0) is 29.8 Å². The van der Waals surface area contributed by atoms with E-state index in [-0.39, 0.29) is 16.7 Å². The zero-order valence-electron chi connectivity index (χ0n) is 8.15. The van der Waals surface area contributed by atoms with E-state index in [4.69, 9.17) is 11.6 Å². The monoisotopic (exact) mass is 235 g/mol. The van der Waals surface area contributed by atoms with Gasteiger partial charge in [-0.15, -0.1) is 0 Å². The lowest BCUT2D eigenvalue weighted by molar-refractivity contribution is 0.111. The molecule has 0 radical (unpaired) electrons. The van der Waals surface area contributed by atoms with Crippen molar-refractivity contribution in [1.29, 1.82) is 0 Å². The van der Waals surface area contributed by atoms with Crippen LogP contribution in [-0.4, -0.2) is 11.3 Å². The fraction of sp³-hybridized carbons (Fsp3) is 0. The van der Waals surface area contributed by atoms with E-state index in [2.05, 4.69) is 4.98 Å². The molecule has 0 amide bonds. The number of rotatable bonds is 2. The molecule has 0 aliphatic rings. The summed E-state index contributed by atoms with van der Waals surface area (Å²) < 4.78 is 12.7. The van der Waals surface area contributed by atoms with Gasteiger partial charge >= 0.3 is 0 Å². The molecule has 0 N–H and O–H groups in total. The van der Waals surface area contributed by atoms with Gasteiger partial charge in [-0.1, -0.05) is 23.7 Å². The van der Waals surface area contributed by atoms with Gasteiger partial charge in [0.1, 0.15) is 16.7 Å². The number of hydrogen-bond acceptors (Lipinski definition) is 2. The maximum Gasteiger partial charge on any atom is 0.169 e. The minimum Gasteiger partial charge on any atom is -0.296 e. The summed E-state index contributed by atoms with van der Waals surface area (Å²) >= 11 is 5.68. The molecule has 0 aliphatic heterocycles. The Hall–Kier alpha value is -1.74. The van der Waals surface area contributed by atoms with E-state index in [1.54, 1.807) is 24.3 Å². The zero-order chi connectivity index (χ0) is 11.5. The van der Waals surface area contributed by atoms with E-state index in [1.807, 2.05) is 0 Å². The van der Waals surface area contributed by atoms with Gasteiger partial charge in [-0.3, -0.25) is 4.79 Å². The smallest absolute Gasteiger partial charge is 0.169 e. The summed E-state index contributed by atoms with van der Waals surface area (Å²) in [6.45, 7) is 0. The first-order valence-electron chi connectivity index (χ1n) is 4.58. The standard InChI is InChI=1S/C12H7ClFNO/c13-12-6-5-10(11(7-16)15-12)8-1-3-9(14)4-2-8/h1-7H. The Kier molecular flexibility index (Phi) is 2.97. The van der Waals surface area contributed by atoms with Crippen LogP contribution < -0.4 is 0 Å². The molecule has 2 rings (SSSR count). The van der Waals surface area contributed by atoms with Crippen LogP contribution in [0.1, 0.15) is 10.5 Å². The number of pyridine rings is 1. The molecule has 0 unspecified atom stereocenters. The van der Waals surface area contributed by atoms with Crippen LogP contribution in [0.15, 0.2) is 36.4 Å². The highest BCUT2D eigenvalue weighted by molar-refractivity contribution is 6.29. The summed E-state index contributed by atoms with van der Waals surface area (Å²) in [6.07, 6.45) is 0.630. The summed E-state index contributed by atoms with van der Waals surface area (Å²) in [5.41, 5.74) is 1.62. The fourth-order valence-corrected chi connectivity index (χ4v) is 1.57. The van der Waals surface area contributed by atoms with Crippen molar-refractivity contribution >= 4 is 17.9 Å². The summed E-state index contributed by atoms with van der Waals surface area (Å²) in [7, 11) is 0. The molecule has 1 aromatic heterocycles. The number of carbonyl (C=O) groups excluding carboxylic acids is 1. The number of carbonyl (C=O) groups is 1. The van der Waals surface area contributed by atoms with E-state index in [0.717, 1.165) is 5.56 Å². The predicted octanol–water partition coefficient (Wildman–Crippen LogP) is 3.35. The number of benzene rings is 1. The Bertz CT molecular complexity index is 525. The van der Waals surface area contributed by atoms with Gasteiger partial charge in [-0.2, -0.15) is 0 Å². The molecule has 16 heavy (non-hydrogen) atoms. The summed E-state index contributed by atoms with van der Waals surface area (Å²) in [5, 5.41) is 0.257. The lowest BCUT2D eigenvalue weighted by Gasteiger charge is -2.04. The molecule has 0 spiro atoms. The molecule has 80 valence electrons. The van der Waals surface area contributed by atoms with E-state index in [9.17, 15) is 9.18 Å². The normalized spacial score (nSPS) is 10.1. The van der Waals surface area contributed by atoms with Gasteiger partial charge in [0.2, 0.25) is 0 Å². The minimum absolute atomic E-state index is 0.249. The average Bonchev–Trinajstić information content (AvgIpc) is 2.30. The van der Waals surface area contributed by atoms with E-state index in [1.165, 1.54) is 12.1 Å². The van der Waals surface area contributed by atoms with Crippen LogP contribution >= 0.6 is 11.6 Å². The Morgan fingerprint density at radius 1 is 1.12 bits per heavy atom. The highest BCUT2D eigenvalue weighted by Crippen LogP contribution is 2.23. The first-order valence-corrected chi connectivity index (χ1v) is 4.96. The van der Waals surface area contributed by atoms with Crippen LogP contribution in [0.25, 0.3) is 11.1 Å². The molecule has 2 aromatic rings. The number of aldehydes is 1. The van der Waals surface area contributed by atoms with Crippen molar-refractivity contribution in [1.82, 2.24) is 4.98 Å². The third-order valence-electron chi connectivity index (χ3n) is 2.16. The van der Waals surface area contributed by atoms with Crippen LogP contribution in [-0.2, 0) is 0 Å². The van der Waals surface area contributed by atoms with E-state index < -0.39 is 0 Å². The molecule has 4 heteroatoms. The second kappa shape index (κ2) is 4.41. The number of aromatic nitrogens is 1. The van der Waals surface area contributed by atoms with E-state index >= 15 is 0 Å².